The summed E-state index contributed by atoms with van der Waals surface area (Å²) in [7, 11) is 1.62. The van der Waals surface area contributed by atoms with Crippen molar-refractivity contribution in [2.24, 2.45) is 7.05 Å². The third kappa shape index (κ3) is 3.53. The van der Waals surface area contributed by atoms with E-state index in [4.69, 9.17) is 8.19 Å². The number of rotatable bonds is 4. The predicted molar refractivity (Wildman–Crippen MR) is 68.1 cm³/mol. The first-order valence-electron chi connectivity index (χ1n) is 5.53. The minimum atomic E-state index is -4.88. The van der Waals surface area contributed by atoms with Crippen LogP contribution in [0.1, 0.15) is 5.82 Å². The second kappa shape index (κ2) is 5.58. The van der Waals surface area contributed by atoms with E-state index in [0.29, 0.717) is 11.5 Å². The van der Waals surface area contributed by atoms with Gasteiger partial charge < -0.3 is 0 Å². The van der Waals surface area contributed by atoms with Gasteiger partial charge in [0.2, 0.25) is 0 Å². The van der Waals surface area contributed by atoms with Gasteiger partial charge in [-0.3, -0.25) is 0 Å². The Balaban J connectivity index is 2.02. The molecule has 10 heteroatoms. The van der Waals surface area contributed by atoms with Crippen LogP contribution in [0.5, 0.6) is 0 Å². The summed E-state index contributed by atoms with van der Waals surface area (Å²) in [6, 6.07) is 5.45. The molecule has 0 unspecified atom stereocenters. The molecule has 3 N–H and O–H groups in total. The Labute approximate surface area is 116 Å². The maximum atomic E-state index is 11.7. The quantitative estimate of drug-likeness (QED) is 0.546. The molecule has 0 saturated carbocycles. The first-order chi connectivity index (χ1) is 9.36. The van der Waals surface area contributed by atoms with Crippen molar-refractivity contribution in [3.05, 3.63) is 30.1 Å². The summed E-state index contributed by atoms with van der Waals surface area (Å²) in [6.45, 7) is 0. The Bertz CT molecular complexity index is 663. The monoisotopic (exact) mass is 341 g/mol. The second-order valence-corrected chi connectivity index (χ2v) is 7.40. The van der Waals surface area contributed by atoms with Crippen molar-refractivity contribution in [3.8, 4) is 0 Å². The average molecular weight is 341 g/mol. The Morgan fingerprint density at radius 2 is 2.00 bits per heavy atom. The number of carbonyl (C=O) groups is 1. The summed E-state index contributed by atoms with van der Waals surface area (Å²) < 4.78 is 30.4. The number of tetrazole rings is 1. The first-order valence-corrected chi connectivity index (χ1v) is 8.92. The van der Waals surface area contributed by atoms with E-state index in [-0.39, 0.29) is 16.7 Å². The number of carbonyl (C=O) groups excluding carboxylic acids is 1. The molecule has 9 nitrogen and oxygen atoms in total. The minimum absolute atomic E-state index is 0.00751. The SMILES string of the molecule is Cn1nnnc1CC(=O)Nc1ccc([As](=O)(O)O)cc1. The van der Waals surface area contributed by atoms with Crippen LogP contribution in [0.3, 0.4) is 0 Å². The van der Waals surface area contributed by atoms with Crippen LogP contribution in [-0.2, 0) is 22.0 Å². The maximum absolute atomic E-state index is 11.7. The molecule has 1 heterocycles. The normalized spacial score (nSPS) is 11.3. The average Bonchev–Trinajstić information content (AvgIpc) is 2.74. The van der Waals surface area contributed by atoms with E-state index in [0.717, 1.165) is 0 Å². The van der Waals surface area contributed by atoms with Crippen molar-refractivity contribution in [1.29, 1.82) is 0 Å². The number of benzene rings is 1. The fourth-order valence-electron chi connectivity index (χ4n) is 1.49. The van der Waals surface area contributed by atoms with Crippen LogP contribution in [0, 0.1) is 0 Å². The van der Waals surface area contributed by atoms with Gasteiger partial charge in [-0.1, -0.05) is 0 Å². The van der Waals surface area contributed by atoms with E-state index in [1.54, 1.807) is 7.05 Å². The molecular weight excluding hydrogens is 329 g/mol. The fourth-order valence-corrected chi connectivity index (χ4v) is 2.61. The van der Waals surface area contributed by atoms with Crippen molar-refractivity contribution in [3.63, 3.8) is 0 Å². The fraction of sp³-hybridized carbons (Fsp3) is 0.200. The van der Waals surface area contributed by atoms with E-state index in [2.05, 4.69) is 20.8 Å². The predicted octanol–water partition coefficient (Wildman–Crippen LogP) is -2.05. The zero-order valence-electron chi connectivity index (χ0n) is 10.5. The Hall–Kier alpha value is -1.96. The van der Waals surface area contributed by atoms with Gasteiger partial charge in [-0.05, 0) is 0 Å². The van der Waals surface area contributed by atoms with E-state index >= 15 is 0 Å². The van der Waals surface area contributed by atoms with Gasteiger partial charge in [0.05, 0.1) is 0 Å². The zero-order chi connectivity index (χ0) is 14.8. The van der Waals surface area contributed by atoms with E-state index in [9.17, 15) is 8.53 Å². The summed E-state index contributed by atoms with van der Waals surface area (Å²) >= 11 is -4.88. The Morgan fingerprint density at radius 1 is 1.35 bits per heavy atom. The van der Waals surface area contributed by atoms with Crippen molar-refractivity contribution < 1.29 is 16.7 Å². The van der Waals surface area contributed by atoms with E-state index in [1.165, 1.54) is 28.9 Å². The molecule has 1 amide bonds. The molecule has 2 aromatic rings. The number of hydrogen-bond acceptors (Lipinski definition) is 5. The molecule has 1 aromatic carbocycles. The number of nitrogens with one attached hydrogen (secondary N) is 1. The molecule has 0 fully saturated rings. The van der Waals surface area contributed by atoms with Gasteiger partial charge in [-0.2, -0.15) is 0 Å². The molecular formula is C10H12AsN5O4. The van der Waals surface area contributed by atoms with Crippen LogP contribution in [0.25, 0.3) is 0 Å². The van der Waals surface area contributed by atoms with Gasteiger partial charge in [-0.25, -0.2) is 0 Å². The van der Waals surface area contributed by atoms with Gasteiger partial charge in [0.15, 0.2) is 0 Å². The molecule has 0 radical (unpaired) electrons. The Kier molecular flexibility index (Phi) is 4.03. The molecule has 2 rings (SSSR count). The van der Waals surface area contributed by atoms with Gasteiger partial charge in [0.1, 0.15) is 0 Å². The number of aryl methyl sites for hydroxylation is 1. The second-order valence-electron chi connectivity index (χ2n) is 4.03. The number of nitrogens with zero attached hydrogens (tertiary/aromatic N) is 4. The molecule has 0 aliphatic rings. The molecule has 20 heavy (non-hydrogen) atoms. The van der Waals surface area contributed by atoms with Crippen LogP contribution in [0.15, 0.2) is 24.3 Å². The van der Waals surface area contributed by atoms with Gasteiger partial charge in [-0.15, -0.1) is 0 Å². The van der Waals surface area contributed by atoms with Crippen molar-refractivity contribution in [2.75, 3.05) is 5.32 Å². The van der Waals surface area contributed by atoms with Crippen molar-refractivity contribution in [2.45, 2.75) is 6.42 Å². The Morgan fingerprint density at radius 3 is 2.50 bits per heavy atom. The molecule has 0 spiro atoms. The molecule has 106 valence electrons. The van der Waals surface area contributed by atoms with Gasteiger partial charge >= 0.3 is 116 Å². The molecule has 0 aliphatic carbocycles. The molecule has 0 saturated heterocycles. The summed E-state index contributed by atoms with van der Waals surface area (Å²) in [5.41, 5.74) is 0.442. The number of hydrogen-bond donors (Lipinski definition) is 3. The summed E-state index contributed by atoms with van der Waals surface area (Å²) in [6.07, 6.45) is 0.00751. The van der Waals surface area contributed by atoms with Crippen LogP contribution < -0.4 is 9.67 Å². The zero-order valence-corrected chi connectivity index (χ0v) is 12.3. The summed E-state index contributed by atoms with van der Waals surface area (Å²) in [4.78, 5) is 11.7. The number of aromatic nitrogens is 4. The van der Waals surface area contributed by atoms with E-state index < -0.39 is 14.2 Å². The molecule has 0 bridgehead atoms. The third-order valence-electron chi connectivity index (χ3n) is 2.51. The van der Waals surface area contributed by atoms with E-state index in [1.807, 2.05) is 0 Å². The standard InChI is InChI=1S/C10H12AsN5O4/c1-16-9(13-14-15-16)6-10(17)12-8-4-2-7(3-5-8)11(18,19)20/h2-5H,6H2,1H3,(H,12,17)(H2,18,19,20). The topological polar surface area (TPSA) is 130 Å². The summed E-state index contributed by atoms with van der Waals surface area (Å²) in [5.74, 6) is 0.0924. The van der Waals surface area contributed by atoms with Crippen molar-refractivity contribution in [1.82, 2.24) is 20.2 Å². The van der Waals surface area contributed by atoms with Crippen LogP contribution in [0.2, 0.25) is 0 Å². The molecule has 0 atom stereocenters. The van der Waals surface area contributed by atoms with Crippen LogP contribution in [-0.4, -0.2) is 48.5 Å². The molecule has 0 aliphatic heterocycles. The van der Waals surface area contributed by atoms with Gasteiger partial charge in [0.25, 0.3) is 0 Å². The van der Waals surface area contributed by atoms with Crippen molar-refractivity contribution >= 4 is 30.1 Å². The van der Waals surface area contributed by atoms with Gasteiger partial charge in [0, 0.05) is 0 Å². The number of amides is 1. The third-order valence-corrected chi connectivity index (χ3v) is 4.55. The first kappa shape index (κ1) is 14.4. The summed E-state index contributed by atoms with van der Waals surface area (Å²) in [5, 5.41) is 13.3. The molecule has 1 aromatic heterocycles. The number of anilines is 1. The van der Waals surface area contributed by atoms with Crippen LogP contribution in [0.4, 0.5) is 5.69 Å². The van der Waals surface area contributed by atoms with Crippen LogP contribution >= 0.6 is 0 Å².